The molecule has 0 saturated heterocycles. The number of aromatic hydroxyl groups is 1. The Morgan fingerprint density at radius 1 is 0.962 bits per heavy atom. The molecule has 4 aromatic rings. The Labute approximate surface area is 149 Å². The Kier molecular flexibility index (Phi) is 3.93. The number of nitrogens with zero attached hydrogens (tertiary/aromatic N) is 4. The third kappa shape index (κ3) is 2.93. The maximum atomic E-state index is 13.3. The topological polar surface area (TPSA) is 62.2 Å². The van der Waals surface area contributed by atoms with Gasteiger partial charge in [0.1, 0.15) is 11.5 Å². The van der Waals surface area contributed by atoms with Gasteiger partial charge < -0.3 is 5.11 Å². The van der Waals surface area contributed by atoms with E-state index in [1.165, 1.54) is 12.1 Å². The number of aryl methyl sites for hydroxylation is 1. The molecule has 0 fully saturated rings. The molecule has 4 rings (SSSR count). The first-order chi connectivity index (χ1) is 12.6. The second kappa shape index (κ2) is 6.40. The van der Waals surface area contributed by atoms with Crippen LogP contribution in [0.1, 0.15) is 5.56 Å². The summed E-state index contributed by atoms with van der Waals surface area (Å²) in [5, 5.41) is 18.7. The second-order valence-electron chi connectivity index (χ2n) is 5.91. The summed E-state index contributed by atoms with van der Waals surface area (Å²) in [6, 6.07) is 16.9. The Hall–Kier alpha value is -3.54. The molecule has 0 aliphatic rings. The third-order valence-electron chi connectivity index (χ3n) is 4.02. The van der Waals surface area contributed by atoms with Gasteiger partial charge in [-0.3, -0.25) is 4.40 Å². The van der Waals surface area contributed by atoms with Crippen LogP contribution in [0.5, 0.6) is 5.75 Å². The maximum absolute atomic E-state index is 13.3. The minimum absolute atomic E-state index is 0.0349. The molecule has 128 valence electrons. The lowest BCUT2D eigenvalue weighted by Gasteiger charge is -2.00. The van der Waals surface area contributed by atoms with Gasteiger partial charge in [-0.05, 0) is 55.5 Å². The smallest absolute Gasteiger partial charge is 0.187 e. The Morgan fingerprint density at radius 2 is 1.69 bits per heavy atom. The Balaban J connectivity index is 1.88. The molecule has 5 nitrogen and oxygen atoms in total. The van der Waals surface area contributed by atoms with Crippen LogP contribution in [-0.2, 0) is 0 Å². The first-order valence-electron chi connectivity index (χ1n) is 8.06. The monoisotopic (exact) mass is 346 g/mol. The predicted octanol–water partition coefficient (Wildman–Crippen LogP) is 5.57. The number of aromatic nitrogens is 2. The van der Waals surface area contributed by atoms with E-state index in [1.54, 1.807) is 34.9 Å². The summed E-state index contributed by atoms with van der Waals surface area (Å²) in [7, 11) is 0. The first kappa shape index (κ1) is 16.0. The molecule has 0 aliphatic carbocycles. The number of imidazole rings is 1. The molecule has 0 bridgehead atoms. The molecular formula is C20H15FN4O. The summed E-state index contributed by atoms with van der Waals surface area (Å²) in [6.45, 7) is 2.00. The SMILES string of the molecule is Cc1ccc(N=Nc2c(-c3ccc(F)cc3)nc3c(O)cccn23)cc1. The van der Waals surface area contributed by atoms with Crippen molar-refractivity contribution in [2.75, 3.05) is 0 Å². The predicted molar refractivity (Wildman–Crippen MR) is 97.6 cm³/mol. The quantitative estimate of drug-likeness (QED) is 0.493. The molecule has 0 amide bonds. The summed E-state index contributed by atoms with van der Waals surface area (Å²) in [6.07, 6.45) is 1.75. The molecule has 26 heavy (non-hydrogen) atoms. The van der Waals surface area contributed by atoms with Gasteiger partial charge in [-0.25, -0.2) is 9.37 Å². The van der Waals surface area contributed by atoms with E-state index in [0.717, 1.165) is 5.56 Å². The lowest BCUT2D eigenvalue weighted by Crippen LogP contribution is -1.83. The van der Waals surface area contributed by atoms with Crippen LogP contribution in [0.25, 0.3) is 16.9 Å². The highest BCUT2D eigenvalue weighted by molar-refractivity contribution is 5.76. The van der Waals surface area contributed by atoms with E-state index in [1.807, 2.05) is 31.2 Å². The van der Waals surface area contributed by atoms with Crippen LogP contribution in [0.15, 0.2) is 77.1 Å². The fourth-order valence-electron chi connectivity index (χ4n) is 2.65. The number of azo groups is 1. The average Bonchev–Trinajstić information content (AvgIpc) is 3.02. The summed E-state index contributed by atoms with van der Waals surface area (Å²) in [5.41, 5.74) is 3.41. The lowest BCUT2D eigenvalue weighted by molar-refractivity contribution is 0.477. The van der Waals surface area contributed by atoms with Crippen LogP contribution in [0.4, 0.5) is 15.9 Å². The highest BCUT2D eigenvalue weighted by Gasteiger charge is 2.16. The van der Waals surface area contributed by atoms with Gasteiger partial charge in [0.05, 0.1) is 5.69 Å². The zero-order valence-electron chi connectivity index (χ0n) is 14.0. The number of fused-ring (bicyclic) bond motifs is 1. The van der Waals surface area contributed by atoms with E-state index in [9.17, 15) is 9.50 Å². The van der Waals surface area contributed by atoms with Crippen LogP contribution in [0.2, 0.25) is 0 Å². The van der Waals surface area contributed by atoms with Crippen molar-refractivity contribution in [2.45, 2.75) is 6.92 Å². The molecule has 0 saturated carbocycles. The van der Waals surface area contributed by atoms with Gasteiger partial charge in [0.15, 0.2) is 17.2 Å². The van der Waals surface area contributed by atoms with Crippen LogP contribution in [-0.4, -0.2) is 14.5 Å². The molecule has 2 heterocycles. The summed E-state index contributed by atoms with van der Waals surface area (Å²) < 4.78 is 14.9. The summed E-state index contributed by atoms with van der Waals surface area (Å²) in [4.78, 5) is 4.48. The third-order valence-corrected chi connectivity index (χ3v) is 4.02. The molecular weight excluding hydrogens is 331 g/mol. The second-order valence-corrected chi connectivity index (χ2v) is 5.91. The fraction of sp³-hybridized carbons (Fsp3) is 0.0500. The van der Waals surface area contributed by atoms with Gasteiger partial charge in [0, 0.05) is 11.8 Å². The van der Waals surface area contributed by atoms with Gasteiger partial charge in [-0.1, -0.05) is 17.7 Å². The highest BCUT2D eigenvalue weighted by Crippen LogP contribution is 2.34. The number of halogens is 1. The van der Waals surface area contributed by atoms with E-state index >= 15 is 0 Å². The van der Waals surface area contributed by atoms with Gasteiger partial charge in [-0.2, -0.15) is 0 Å². The molecule has 0 spiro atoms. The number of hydrogen-bond donors (Lipinski definition) is 1. The highest BCUT2D eigenvalue weighted by atomic mass is 19.1. The van der Waals surface area contributed by atoms with Crippen molar-refractivity contribution in [3.63, 3.8) is 0 Å². The van der Waals surface area contributed by atoms with Crippen molar-refractivity contribution >= 4 is 17.2 Å². The molecule has 1 N–H and O–H groups in total. The Bertz CT molecular complexity index is 1100. The van der Waals surface area contributed by atoms with Gasteiger partial charge in [0.2, 0.25) is 0 Å². The Morgan fingerprint density at radius 3 is 2.42 bits per heavy atom. The lowest BCUT2D eigenvalue weighted by atomic mass is 10.1. The number of hydrogen-bond acceptors (Lipinski definition) is 4. The van der Waals surface area contributed by atoms with Crippen molar-refractivity contribution in [1.29, 1.82) is 0 Å². The fourth-order valence-corrected chi connectivity index (χ4v) is 2.65. The molecule has 2 aromatic carbocycles. The standard InChI is InChI=1S/C20H15FN4O/c1-13-4-10-16(11-5-13)23-24-20-18(14-6-8-15(21)9-7-14)22-19-17(26)3-2-12-25(19)20/h2-12,26H,1H3. The van der Waals surface area contributed by atoms with Crippen LogP contribution >= 0.6 is 0 Å². The molecule has 2 aromatic heterocycles. The van der Waals surface area contributed by atoms with E-state index in [4.69, 9.17) is 0 Å². The normalized spacial score (nSPS) is 11.5. The van der Waals surface area contributed by atoms with Crippen molar-refractivity contribution in [3.05, 3.63) is 78.2 Å². The maximum Gasteiger partial charge on any atom is 0.187 e. The van der Waals surface area contributed by atoms with Crippen LogP contribution in [0, 0.1) is 12.7 Å². The molecule has 0 unspecified atom stereocenters. The zero-order valence-corrected chi connectivity index (χ0v) is 14.0. The minimum Gasteiger partial charge on any atom is -0.504 e. The van der Waals surface area contributed by atoms with Crippen LogP contribution in [0.3, 0.4) is 0 Å². The molecule has 0 radical (unpaired) electrons. The van der Waals surface area contributed by atoms with Crippen LogP contribution < -0.4 is 0 Å². The average molecular weight is 346 g/mol. The van der Waals surface area contributed by atoms with Crippen molar-refractivity contribution in [3.8, 4) is 17.0 Å². The number of benzene rings is 2. The number of rotatable bonds is 3. The van der Waals surface area contributed by atoms with E-state index in [0.29, 0.717) is 28.4 Å². The van der Waals surface area contributed by atoms with Gasteiger partial charge in [-0.15, -0.1) is 10.2 Å². The van der Waals surface area contributed by atoms with E-state index in [-0.39, 0.29) is 11.6 Å². The van der Waals surface area contributed by atoms with Crippen molar-refractivity contribution in [2.24, 2.45) is 10.2 Å². The minimum atomic E-state index is -0.330. The van der Waals surface area contributed by atoms with Crippen molar-refractivity contribution < 1.29 is 9.50 Å². The van der Waals surface area contributed by atoms with E-state index in [2.05, 4.69) is 15.2 Å². The van der Waals surface area contributed by atoms with E-state index < -0.39 is 0 Å². The summed E-state index contributed by atoms with van der Waals surface area (Å²) in [5.74, 6) is 0.166. The van der Waals surface area contributed by atoms with Crippen molar-refractivity contribution in [1.82, 2.24) is 9.38 Å². The molecule has 0 atom stereocenters. The number of pyridine rings is 1. The summed E-state index contributed by atoms with van der Waals surface area (Å²) >= 11 is 0. The molecule has 0 aliphatic heterocycles. The largest absolute Gasteiger partial charge is 0.504 e. The van der Waals surface area contributed by atoms with Gasteiger partial charge in [0.25, 0.3) is 0 Å². The molecule has 6 heteroatoms. The van der Waals surface area contributed by atoms with Gasteiger partial charge >= 0.3 is 0 Å². The zero-order chi connectivity index (χ0) is 18.1. The first-order valence-corrected chi connectivity index (χ1v) is 8.06.